The molecule has 1 aliphatic rings. The minimum absolute atomic E-state index is 0.0799. The van der Waals surface area contributed by atoms with Crippen molar-refractivity contribution < 1.29 is 9.90 Å². The third kappa shape index (κ3) is 5.36. The Morgan fingerprint density at radius 3 is 2.77 bits per heavy atom. The van der Waals surface area contributed by atoms with Crippen LogP contribution in [0.5, 0.6) is 0 Å². The number of aromatic nitrogens is 2. The standard InChI is InChI=1S/C23H26N6O2/c24-17-3-1-4-19(13-17)27-23-25-11-10-21(28-23)16-6-8-18(9-7-16)26-22(31)14-29-12-2-5-20(29)15-30/h1,3-4,6-11,13,20,30H,2,5,12,14-15,24H2,(H,26,31)(H,25,27,28). The highest BCUT2D eigenvalue weighted by molar-refractivity contribution is 5.92. The fraction of sp³-hybridized carbons (Fsp3) is 0.261. The van der Waals surface area contributed by atoms with Gasteiger partial charge in [-0.15, -0.1) is 0 Å². The fourth-order valence-corrected chi connectivity index (χ4v) is 3.74. The van der Waals surface area contributed by atoms with Crippen LogP contribution in [0.15, 0.2) is 60.8 Å². The summed E-state index contributed by atoms with van der Waals surface area (Å²) >= 11 is 0. The van der Waals surface area contributed by atoms with Crippen LogP contribution in [0.3, 0.4) is 0 Å². The lowest BCUT2D eigenvalue weighted by molar-refractivity contribution is -0.117. The molecule has 1 amide bonds. The van der Waals surface area contributed by atoms with Crippen molar-refractivity contribution in [1.29, 1.82) is 0 Å². The Labute approximate surface area is 181 Å². The summed E-state index contributed by atoms with van der Waals surface area (Å²) in [5, 5.41) is 15.5. The molecule has 1 aliphatic heterocycles. The molecule has 2 heterocycles. The van der Waals surface area contributed by atoms with Crippen LogP contribution in [0.25, 0.3) is 11.3 Å². The lowest BCUT2D eigenvalue weighted by Gasteiger charge is -2.21. The zero-order chi connectivity index (χ0) is 21.6. The van der Waals surface area contributed by atoms with Gasteiger partial charge in [0.1, 0.15) is 0 Å². The van der Waals surface area contributed by atoms with Crippen LogP contribution in [0.1, 0.15) is 12.8 Å². The second kappa shape index (κ2) is 9.55. The number of carbonyl (C=O) groups is 1. The highest BCUT2D eigenvalue weighted by Gasteiger charge is 2.25. The van der Waals surface area contributed by atoms with Crippen LogP contribution in [-0.4, -0.2) is 51.6 Å². The van der Waals surface area contributed by atoms with E-state index < -0.39 is 0 Å². The van der Waals surface area contributed by atoms with Gasteiger partial charge in [0.2, 0.25) is 11.9 Å². The maximum absolute atomic E-state index is 12.4. The fourth-order valence-electron chi connectivity index (χ4n) is 3.74. The molecular weight excluding hydrogens is 392 g/mol. The van der Waals surface area contributed by atoms with Gasteiger partial charge in [0.05, 0.1) is 18.8 Å². The molecule has 1 aromatic heterocycles. The number of nitrogens with one attached hydrogen (secondary N) is 2. The minimum Gasteiger partial charge on any atom is -0.399 e. The number of amides is 1. The zero-order valence-corrected chi connectivity index (χ0v) is 17.2. The average Bonchev–Trinajstić information content (AvgIpc) is 3.21. The van der Waals surface area contributed by atoms with Gasteiger partial charge in [-0.2, -0.15) is 0 Å². The molecule has 8 nitrogen and oxygen atoms in total. The van der Waals surface area contributed by atoms with Crippen LogP contribution in [-0.2, 0) is 4.79 Å². The Morgan fingerprint density at radius 1 is 1.16 bits per heavy atom. The molecule has 4 rings (SSSR count). The van der Waals surface area contributed by atoms with Crippen molar-refractivity contribution in [2.75, 3.05) is 36.1 Å². The number of nitrogens with zero attached hydrogens (tertiary/aromatic N) is 3. The van der Waals surface area contributed by atoms with Gasteiger partial charge >= 0.3 is 0 Å². The Balaban J connectivity index is 1.39. The average molecular weight is 419 g/mol. The van der Waals surface area contributed by atoms with Gasteiger partial charge in [0.15, 0.2) is 0 Å². The second-order valence-electron chi connectivity index (χ2n) is 7.59. The van der Waals surface area contributed by atoms with Crippen LogP contribution in [0.2, 0.25) is 0 Å². The Kier molecular flexibility index (Phi) is 6.40. The summed E-state index contributed by atoms with van der Waals surface area (Å²) < 4.78 is 0. The summed E-state index contributed by atoms with van der Waals surface area (Å²) in [6.45, 7) is 1.23. The molecule has 1 saturated heterocycles. The maximum Gasteiger partial charge on any atom is 0.238 e. The predicted molar refractivity (Wildman–Crippen MR) is 122 cm³/mol. The van der Waals surface area contributed by atoms with Crippen molar-refractivity contribution in [3.63, 3.8) is 0 Å². The lowest BCUT2D eigenvalue weighted by Crippen LogP contribution is -2.38. The minimum atomic E-state index is -0.0799. The molecule has 0 bridgehead atoms. The van der Waals surface area contributed by atoms with Gasteiger partial charge in [-0.3, -0.25) is 9.69 Å². The molecule has 2 aromatic carbocycles. The van der Waals surface area contributed by atoms with Gasteiger partial charge in [-0.25, -0.2) is 9.97 Å². The first-order valence-electron chi connectivity index (χ1n) is 10.3. The summed E-state index contributed by atoms with van der Waals surface area (Å²) in [5.41, 5.74) is 9.70. The summed E-state index contributed by atoms with van der Waals surface area (Å²) in [6.07, 6.45) is 3.65. The first-order valence-corrected chi connectivity index (χ1v) is 10.3. The van der Waals surface area contributed by atoms with Crippen molar-refractivity contribution in [3.8, 4) is 11.3 Å². The summed E-state index contributed by atoms with van der Waals surface area (Å²) in [6, 6.07) is 16.8. The Hall–Kier alpha value is -3.49. The van der Waals surface area contributed by atoms with E-state index in [1.165, 1.54) is 0 Å². The van der Waals surface area contributed by atoms with Gasteiger partial charge in [0, 0.05) is 34.9 Å². The third-order valence-electron chi connectivity index (χ3n) is 5.32. The van der Waals surface area contributed by atoms with E-state index in [2.05, 4.69) is 20.6 Å². The quantitative estimate of drug-likeness (QED) is 0.436. The van der Waals surface area contributed by atoms with Crippen molar-refractivity contribution in [2.45, 2.75) is 18.9 Å². The number of carbonyl (C=O) groups excluding carboxylic acids is 1. The molecule has 0 radical (unpaired) electrons. The van der Waals surface area contributed by atoms with Crippen LogP contribution in [0.4, 0.5) is 23.0 Å². The molecular formula is C23H26N6O2. The number of nitrogen functional groups attached to an aromatic ring is 1. The highest BCUT2D eigenvalue weighted by atomic mass is 16.3. The topological polar surface area (TPSA) is 116 Å². The van der Waals surface area contributed by atoms with Gasteiger partial charge < -0.3 is 21.5 Å². The molecule has 3 aromatic rings. The first-order chi connectivity index (χ1) is 15.1. The molecule has 1 unspecified atom stereocenters. The Morgan fingerprint density at radius 2 is 2.00 bits per heavy atom. The lowest BCUT2D eigenvalue weighted by atomic mass is 10.1. The number of benzene rings is 2. The van der Waals surface area contributed by atoms with E-state index in [9.17, 15) is 9.90 Å². The molecule has 5 N–H and O–H groups in total. The predicted octanol–water partition coefficient (Wildman–Crippen LogP) is 2.86. The summed E-state index contributed by atoms with van der Waals surface area (Å²) in [5.74, 6) is 0.397. The van der Waals surface area contributed by atoms with Crippen LogP contribution >= 0.6 is 0 Å². The van der Waals surface area contributed by atoms with E-state index in [-0.39, 0.29) is 25.1 Å². The first kappa shape index (κ1) is 20.8. The van der Waals surface area contributed by atoms with E-state index >= 15 is 0 Å². The number of nitrogens with two attached hydrogens (primary N) is 1. The van der Waals surface area contributed by atoms with E-state index in [0.29, 0.717) is 11.6 Å². The van der Waals surface area contributed by atoms with Gasteiger partial charge in [0.25, 0.3) is 0 Å². The molecule has 1 fully saturated rings. The van der Waals surface area contributed by atoms with Crippen molar-refractivity contribution >= 4 is 28.9 Å². The second-order valence-corrected chi connectivity index (χ2v) is 7.59. The molecule has 0 saturated carbocycles. The normalized spacial score (nSPS) is 16.2. The van der Waals surface area contributed by atoms with E-state index in [1.807, 2.05) is 59.5 Å². The molecule has 8 heteroatoms. The molecule has 0 aliphatic carbocycles. The number of hydrogen-bond donors (Lipinski definition) is 4. The van der Waals surface area contributed by atoms with Gasteiger partial charge in [-0.1, -0.05) is 18.2 Å². The molecule has 31 heavy (non-hydrogen) atoms. The van der Waals surface area contributed by atoms with Crippen LogP contribution < -0.4 is 16.4 Å². The van der Waals surface area contributed by atoms with Crippen molar-refractivity contribution in [1.82, 2.24) is 14.9 Å². The number of hydrogen-bond acceptors (Lipinski definition) is 7. The largest absolute Gasteiger partial charge is 0.399 e. The smallest absolute Gasteiger partial charge is 0.238 e. The molecule has 160 valence electrons. The highest BCUT2D eigenvalue weighted by Crippen LogP contribution is 2.22. The SMILES string of the molecule is Nc1cccc(Nc2nccc(-c3ccc(NC(=O)CN4CCCC4CO)cc3)n2)c1. The third-order valence-corrected chi connectivity index (χ3v) is 5.32. The maximum atomic E-state index is 12.4. The molecule has 0 spiro atoms. The van der Waals surface area contributed by atoms with E-state index in [0.717, 1.165) is 42.0 Å². The zero-order valence-electron chi connectivity index (χ0n) is 17.2. The molecule has 1 atom stereocenters. The summed E-state index contributed by atoms with van der Waals surface area (Å²) in [7, 11) is 0. The number of likely N-dealkylation sites (tertiary alicyclic amines) is 1. The number of aliphatic hydroxyl groups is 1. The van der Waals surface area contributed by atoms with Crippen molar-refractivity contribution in [3.05, 3.63) is 60.8 Å². The Bertz CT molecular complexity index is 1040. The van der Waals surface area contributed by atoms with E-state index in [1.54, 1.807) is 6.20 Å². The monoisotopic (exact) mass is 418 g/mol. The number of rotatable bonds is 7. The van der Waals surface area contributed by atoms with Crippen LogP contribution in [0, 0.1) is 0 Å². The van der Waals surface area contributed by atoms with Crippen molar-refractivity contribution in [2.24, 2.45) is 0 Å². The van der Waals surface area contributed by atoms with E-state index in [4.69, 9.17) is 5.73 Å². The summed E-state index contributed by atoms with van der Waals surface area (Å²) in [4.78, 5) is 23.2. The number of aliphatic hydroxyl groups excluding tert-OH is 1. The van der Waals surface area contributed by atoms with Gasteiger partial charge in [-0.05, 0) is 55.8 Å². The number of anilines is 4.